The van der Waals surface area contributed by atoms with E-state index in [9.17, 15) is 23.4 Å². The van der Waals surface area contributed by atoms with E-state index in [2.05, 4.69) is 5.10 Å². The highest BCUT2D eigenvalue weighted by molar-refractivity contribution is 6.32. The molecule has 0 aliphatic rings. The number of benzene rings is 2. The zero-order chi connectivity index (χ0) is 17.5. The Kier molecular flexibility index (Phi) is 3.88. The first-order valence-corrected chi connectivity index (χ1v) is 7.08. The maximum absolute atomic E-state index is 12.9. The topological polar surface area (TPSA) is 58.3 Å². The Labute approximate surface area is 139 Å². The van der Waals surface area contributed by atoms with Crippen LogP contribution in [-0.4, -0.2) is 20.0 Å². The Morgan fingerprint density at radius 1 is 1.00 bits per heavy atom. The molecule has 0 atom stereocenters. The van der Waals surface area contributed by atoms with E-state index < -0.39 is 11.7 Å². The molecule has 124 valence electrons. The van der Waals surface area contributed by atoms with Gasteiger partial charge in [0.15, 0.2) is 0 Å². The lowest BCUT2D eigenvalue weighted by atomic mass is 10.1. The van der Waals surface area contributed by atoms with Crippen LogP contribution in [0.25, 0.3) is 16.9 Å². The van der Waals surface area contributed by atoms with Crippen LogP contribution in [0.15, 0.2) is 48.7 Å². The third-order valence-electron chi connectivity index (χ3n) is 3.40. The van der Waals surface area contributed by atoms with Gasteiger partial charge in [-0.05, 0) is 36.4 Å². The monoisotopic (exact) mass is 354 g/mol. The van der Waals surface area contributed by atoms with Crippen molar-refractivity contribution >= 4 is 11.6 Å². The van der Waals surface area contributed by atoms with Crippen molar-refractivity contribution in [2.75, 3.05) is 0 Å². The fourth-order valence-corrected chi connectivity index (χ4v) is 2.48. The first-order chi connectivity index (χ1) is 11.3. The second-order valence-electron chi connectivity index (χ2n) is 4.99. The summed E-state index contributed by atoms with van der Waals surface area (Å²) in [6.07, 6.45) is -3.15. The SMILES string of the molecule is Oc1ccc(-c2ccnn2-c2cc(C(F)(F)F)ccc2Cl)c(O)c1. The predicted molar refractivity (Wildman–Crippen MR) is 82.3 cm³/mol. The number of phenols is 2. The normalized spacial score (nSPS) is 11.7. The number of hydrogen-bond donors (Lipinski definition) is 2. The van der Waals surface area contributed by atoms with E-state index in [1.54, 1.807) is 0 Å². The Morgan fingerprint density at radius 2 is 1.75 bits per heavy atom. The molecule has 0 fully saturated rings. The molecule has 1 aromatic heterocycles. The van der Waals surface area contributed by atoms with Crippen molar-refractivity contribution in [1.29, 1.82) is 0 Å². The molecule has 24 heavy (non-hydrogen) atoms. The molecule has 0 aliphatic carbocycles. The van der Waals surface area contributed by atoms with E-state index in [1.807, 2.05) is 0 Å². The minimum Gasteiger partial charge on any atom is -0.508 e. The van der Waals surface area contributed by atoms with Crippen molar-refractivity contribution < 1.29 is 23.4 Å². The Hall–Kier alpha value is -2.67. The number of halogens is 4. The summed E-state index contributed by atoms with van der Waals surface area (Å²) in [5.41, 5.74) is -0.218. The van der Waals surface area contributed by atoms with Crippen LogP contribution in [0.5, 0.6) is 11.5 Å². The van der Waals surface area contributed by atoms with E-state index in [1.165, 1.54) is 29.1 Å². The molecule has 0 saturated carbocycles. The highest BCUT2D eigenvalue weighted by Gasteiger charge is 2.31. The smallest absolute Gasteiger partial charge is 0.416 e. The number of alkyl halides is 3. The van der Waals surface area contributed by atoms with Crippen LogP contribution >= 0.6 is 11.6 Å². The molecule has 0 amide bonds. The summed E-state index contributed by atoms with van der Waals surface area (Å²) < 4.78 is 40.0. The van der Waals surface area contributed by atoms with Gasteiger partial charge in [0.05, 0.1) is 28.2 Å². The number of phenolic OH excluding ortho intramolecular Hbond substituents is 2. The molecule has 0 radical (unpaired) electrons. The molecule has 8 heteroatoms. The number of rotatable bonds is 2. The zero-order valence-electron chi connectivity index (χ0n) is 11.9. The van der Waals surface area contributed by atoms with Crippen molar-refractivity contribution in [3.8, 4) is 28.4 Å². The summed E-state index contributed by atoms with van der Waals surface area (Å²) in [4.78, 5) is 0. The molecule has 3 rings (SSSR count). The van der Waals surface area contributed by atoms with Crippen LogP contribution in [0, 0.1) is 0 Å². The number of nitrogens with zero attached hydrogens (tertiary/aromatic N) is 2. The quantitative estimate of drug-likeness (QED) is 0.706. The molecule has 2 N–H and O–H groups in total. The van der Waals surface area contributed by atoms with Gasteiger partial charge < -0.3 is 10.2 Å². The molecule has 0 spiro atoms. The van der Waals surface area contributed by atoms with Crippen molar-refractivity contribution in [2.45, 2.75) is 6.18 Å². The van der Waals surface area contributed by atoms with Gasteiger partial charge in [-0.25, -0.2) is 4.68 Å². The van der Waals surface area contributed by atoms with Gasteiger partial charge in [0.25, 0.3) is 0 Å². The van der Waals surface area contributed by atoms with Gasteiger partial charge in [-0.1, -0.05) is 11.6 Å². The van der Waals surface area contributed by atoms with Gasteiger partial charge in [0.2, 0.25) is 0 Å². The molecule has 3 aromatic rings. The van der Waals surface area contributed by atoms with Gasteiger partial charge in [0.1, 0.15) is 11.5 Å². The second-order valence-corrected chi connectivity index (χ2v) is 5.40. The van der Waals surface area contributed by atoms with Gasteiger partial charge in [-0.3, -0.25) is 0 Å². The maximum atomic E-state index is 12.9. The van der Waals surface area contributed by atoms with E-state index in [-0.39, 0.29) is 22.2 Å². The number of aromatic hydroxyl groups is 2. The van der Waals surface area contributed by atoms with Crippen LogP contribution in [0.4, 0.5) is 13.2 Å². The number of hydrogen-bond acceptors (Lipinski definition) is 3. The summed E-state index contributed by atoms with van der Waals surface area (Å²) in [6.45, 7) is 0. The maximum Gasteiger partial charge on any atom is 0.416 e. The largest absolute Gasteiger partial charge is 0.508 e. The fourth-order valence-electron chi connectivity index (χ4n) is 2.29. The van der Waals surface area contributed by atoms with E-state index in [0.717, 1.165) is 24.3 Å². The molecular weight excluding hydrogens is 345 g/mol. The standard InChI is InChI=1S/C16H10ClF3N2O2/c17-12-4-1-9(16(18,19)20)7-14(12)22-13(5-6-21-22)11-3-2-10(23)8-15(11)24/h1-8,23-24H. The molecule has 4 nitrogen and oxygen atoms in total. The summed E-state index contributed by atoms with van der Waals surface area (Å²) >= 11 is 6.03. The molecule has 0 bridgehead atoms. The van der Waals surface area contributed by atoms with Crippen LogP contribution in [0.3, 0.4) is 0 Å². The molecule has 0 unspecified atom stereocenters. The highest BCUT2D eigenvalue weighted by Crippen LogP contribution is 2.36. The van der Waals surface area contributed by atoms with E-state index in [0.29, 0.717) is 11.3 Å². The van der Waals surface area contributed by atoms with Gasteiger partial charge in [-0.15, -0.1) is 0 Å². The van der Waals surface area contributed by atoms with Crippen LogP contribution in [0.1, 0.15) is 5.56 Å². The van der Waals surface area contributed by atoms with E-state index in [4.69, 9.17) is 11.6 Å². The molecule has 0 aliphatic heterocycles. The van der Waals surface area contributed by atoms with Crippen LogP contribution in [-0.2, 0) is 6.18 Å². The summed E-state index contributed by atoms with van der Waals surface area (Å²) in [6, 6.07) is 8.33. The van der Waals surface area contributed by atoms with Crippen molar-refractivity contribution in [2.24, 2.45) is 0 Å². The average Bonchev–Trinajstić information content (AvgIpc) is 2.95. The van der Waals surface area contributed by atoms with Crippen LogP contribution < -0.4 is 0 Å². The zero-order valence-corrected chi connectivity index (χ0v) is 12.7. The first kappa shape index (κ1) is 16.2. The minimum absolute atomic E-state index is 0.0268. The Bertz CT molecular complexity index is 907. The summed E-state index contributed by atoms with van der Waals surface area (Å²) in [5, 5.41) is 23.4. The fraction of sp³-hybridized carbons (Fsp3) is 0.0625. The lowest BCUT2D eigenvalue weighted by molar-refractivity contribution is -0.137. The van der Waals surface area contributed by atoms with Crippen molar-refractivity contribution in [1.82, 2.24) is 9.78 Å². The first-order valence-electron chi connectivity index (χ1n) is 6.71. The number of aromatic nitrogens is 2. The van der Waals surface area contributed by atoms with Crippen LogP contribution in [0.2, 0.25) is 5.02 Å². The Balaban J connectivity index is 2.18. The van der Waals surface area contributed by atoms with Crippen molar-refractivity contribution in [3.63, 3.8) is 0 Å². The summed E-state index contributed by atoms with van der Waals surface area (Å²) in [5.74, 6) is -0.376. The molecule has 2 aromatic carbocycles. The Morgan fingerprint density at radius 3 is 2.42 bits per heavy atom. The highest BCUT2D eigenvalue weighted by atomic mass is 35.5. The lowest BCUT2D eigenvalue weighted by Gasteiger charge is -2.13. The van der Waals surface area contributed by atoms with Gasteiger partial charge in [-0.2, -0.15) is 18.3 Å². The minimum atomic E-state index is -4.52. The second kappa shape index (κ2) is 5.76. The molecule has 1 heterocycles. The summed E-state index contributed by atoms with van der Waals surface area (Å²) in [7, 11) is 0. The molecule has 0 saturated heterocycles. The third kappa shape index (κ3) is 2.90. The third-order valence-corrected chi connectivity index (χ3v) is 3.72. The van der Waals surface area contributed by atoms with Gasteiger partial charge >= 0.3 is 6.18 Å². The van der Waals surface area contributed by atoms with E-state index >= 15 is 0 Å². The average molecular weight is 355 g/mol. The van der Waals surface area contributed by atoms with Crippen molar-refractivity contribution in [3.05, 3.63) is 59.2 Å². The molecular formula is C16H10ClF3N2O2. The predicted octanol–water partition coefficient (Wildman–Crippen LogP) is 4.62. The lowest BCUT2D eigenvalue weighted by Crippen LogP contribution is -2.07. The van der Waals surface area contributed by atoms with Gasteiger partial charge in [0, 0.05) is 11.6 Å².